The Morgan fingerprint density at radius 3 is 2.17 bits per heavy atom. The van der Waals surface area contributed by atoms with Gasteiger partial charge in [-0.05, 0) is 46.5 Å². The van der Waals surface area contributed by atoms with Gasteiger partial charge in [0.05, 0.1) is 11.6 Å². The van der Waals surface area contributed by atoms with Gasteiger partial charge >= 0.3 is 0 Å². The number of nitriles is 1. The maximum Gasteiger partial charge on any atom is 0.0998 e. The van der Waals surface area contributed by atoms with Crippen LogP contribution in [-0.4, -0.2) is 0 Å². The predicted molar refractivity (Wildman–Crippen MR) is 81.6 cm³/mol. The normalized spacial score (nSPS) is 10.7. The van der Waals surface area contributed by atoms with Crippen molar-refractivity contribution in [2.45, 2.75) is 0 Å². The van der Waals surface area contributed by atoms with E-state index in [9.17, 15) is 5.26 Å². The summed E-state index contributed by atoms with van der Waals surface area (Å²) in [6, 6.07) is 16.3. The molecule has 0 N–H and O–H groups in total. The van der Waals surface area contributed by atoms with Gasteiger partial charge in [-0.1, -0.05) is 44.0 Å². The van der Waals surface area contributed by atoms with Crippen LogP contribution in [0.1, 0.15) is 5.56 Å². The summed E-state index contributed by atoms with van der Waals surface area (Å²) in [4.78, 5) is 0. The van der Waals surface area contributed by atoms with Gasteiger partial charge in [-0.25, -0.2) is 0 Å². The summed E-state index contributed by atoms with van der Waals surface area (Å²) in [6.07, 6.45) is 0. The van der Waals surface area contributed by atoms with Crippen LogP contribution in [0, 0.1) is 11.3 Å². The van der Waals surface area contributed by atoms with Gasteiger partial charge in [0.1, 0.15) is 0 Å². The monoisotopic (exact) mass is 359 g/mol. The lowest BCUT2D eigenvalue weighted by molar-refractivity contribution is 1.51. The molecule has 0 saturated carbocycles. The Bertz CT molecular complexity index is 816. The molecular weight excluding hydrogens is 354 g/mol. The van der Waals surface area contributed by atoms with Crippen molar-refractivity contribution in [1.82, 2.24) is 0 Å². The van der Waals surface area contributed by atoms with E-state index >= 15 is 0 Å². The van der Waals surface area contributed by atoms with Crippen molar-refractivity contribution >= 4 is 53.4 Å². The lowest BCUT2D eigenvalue weighted by Crippen LogP contribution is -1.84. The smallest absolute Gasteiger partial charge is 0.0998 e. The zero-order chi connectivity index (χ0) is 12.7. The standard InChI is InChI=1S/C15H7Br2N/c16-11-2-1-9-5-10(8-18)13-4-3-12(17)7-15(13)14(9)6-11/h1-7H. The highest BCUT2D eigenvalue weighted by atomic mass is 79.9. The van der Waals surface area contributed by atoms with Gasteiger partial charge in [-0.2, -0.15) is 5.26 Å². The molecule has 0 spiro atoms. The highest BCUT2D eigenvalue weighted by Crippen LogP contribution is 2.32. The van der Waals surface area contributed by atoms with E-state index in [4.69, 9.17) is 0 Å². The number of hydrogen-bond acceptors (Lipinski definition) is 1. The third-order valence-electron chi connectivity index (χ3n) is 3.00. The fraction of sp³-hybridized carbons (Fsp3) is 0. The van der Waals surface area contributed by atoms with E-state index in [1.54, 1.807) is 0 Å². The molecule has 0 atom stereocenters. The fourth-order valence-corrected chi connectivity index (χ4v) is 2.91. The molecule has 0 radical (unpaired) electrons. The number of fused-ring (bicyclic) bond motifs is 3. The minimum Gasteiger partial charge on any atom is -0.192 e. The van der Waals surface area contributed by atoms with Crippen molar-refractivity contribution in [3.8, 4) is 6.07 Å². The zero-order valence-electron chi connectivity index (χ0n) is 9.24. The Morgan fingerprint density at radius 1 is 0.778 bits per heavy atom. The molecule has 3 aromatic rings. The quantitative estimate of drug-likeness (QED) is 0.493. The third kappa shape index (κ3) is 1.82. The molecule has 1 nitrogen and oxygen atoms in total. The Morgan fingerprint density at radius 2 is 1.44 bits per heavy atom. The molecule has 0 heterocycles. The second kappa shape index (κ2) is 4.38. The molecule has 0 aromatic heterocycles. The van der Waals surface area contributed by atoms with Gasteiger partial charge in [0, 0.05) is 14.3 Å². The number of nitrogens with zero attached hydrogens (tertiary/aromatic N) is 1. The molecule has 0 bridgehead atoms. The molecule has 0 fully saturated rings. The van der Waals surface area contributed by atoms with Crippen molar-refractivity contribution in [2.24, 2.45) is 0 Å². The van der Waals surface area contributed by atoms with E-state index in [0.717, 1.165) is 30.5 Å². The summed E-state index contributed by atoms with van der Waals surface area (Å²) in [6.45, 7) is 0. The Hall–Kier alpha value is -1.37. The summed E-state index contributed by atoms with van der Waals surface area (Å²) in [7, 11) is 0. The first-order valence-electron chi connectivity index (χ1n) is 5.40. The Kier molecular flexibility index (Phi) is 2.85. The highest BCUT2D eigenvalue weighted by molar-refractivity contribution is 9.10. The van der Waals surface area contributed by atoms with Crippen LogP contribution in [-0.2, 0) is 0 Å². The van der Waals surface area contributed by atoms with Crippen LogP contribution in [0.4, 0.5) is 0 Å². The third-order valence-corrected chi connectivity index (χ3v) is 3.98. The number of halogens is 2. The average Bonchev–Trinajstić information content (AvgIpc) is 2.38. The number of rotatable bonds is 0. The first-order chi connectivity index (χ1) is 8.69. The summed E-state index contributed by atoms with van der Waals surface area (Å²) >= 11 is 6.98. The van der Waals surface area contributed by atoms with E-state index in [1.165, 1.54) is 0 Å². The molecule has 0 aliphatic heterocycles. The molecule has 3 aromatic carbocycles. The summed E-state index contributed by atoms with van der Waals surface area (Å²) in [5.74, 6) is 0. The number of hydrogen-bond donors (Lipinski definition) is 0. The zero-order valence-corrected chi connectivity index (χ0v) is 12.4. The first kappa shape index (κ1) is 11.7. The molecule has 0 unspecified atom stereocenters. The van der Waals surface area contributed by atoms with Crippen LogP contribution in [0.5, 0.6) is 0 Å². The predicted octanol–water partition coefficient (Wildman–Crippen LogP) is 5.39. The Balaban J connectivity index is 2.61. The van der Waals surface area contributed by atoms with Crippen LogP contribution < -0.4 is 0 Å². The molecule has 0 aliphatic rings. The molecule has 0 amide bonds. The van der Waals surface area contributed by atoms with E-state index < -0.39 is 0 Å². The van der Waals surface area contributed by atoms with E-state index in [1.807, 2.05) is 30.3 Å². The molecule has 0 aliphatic carbocycles. The van der Waals surface area contributed by atoms with Crippen LogP contribution in [0.25, 0.3) is 21.5 Å². The maximum absolute atomic E-state index is 9.25. The van der Waals surface area contributed by atoms with Gasteiger partial charge < -0.3 is 0 Å². The van der Waals surface area contributed by atoms with E-state index in [-0.39, 0.29) is 0 Å². The molecule has 0 saturated heterocycles. The van der Waals surface area contributed by atoms with E-state index in [0.29, 0.717) is 5.56 Å². The summed E-state index contributed by atoms with van der Waals surface area (Å²) in [5.41, 5.74) is 0.715. The molecule has 86 valence electrons. The number of benzene rings is 3. The van der Waals surface area contributed by atoms with Gasteiger partial charge in [0.15, 0.2) is 0 Å². The lowest BCUT2D eigenvalue weighted by atomic mass is 9.98. The lowest BCUT2D eigenvalue weighted by Gasteiger charge is -2.07. The van der Waals surface area contributed by atoms with Crippen molar-refractivity contribution in [1.29, 1.82) is 5.26 Å². The molecular formula is C15H7Br2N. The molecule has 18 heavy (non-hydrogen) atoms. The van der Waals surface area contributed by atoms with Gasteiger partial charge in [-0.15, -0.1) is 0 Å². The van der Waals surface area contributed by atoms with Gasteiger partial charge in [0.2, 0.25) is 0 Å². The van der Waals surface area contributed by atoms with Crippen LogP contribution in [0.2, 0.25) is 0 Å². The van der Waals surface area contributed by atoms with Gasteiger partial charge in [-0.3, -0.25) is 0 Å². The van der Waals surface area contributed by atoms with Gasteiger partial charge in [0.25, 0.3) is 0 Å². The van der Waals surface area contributed by atoms with Crippen molar-refractivity contribution < 1.29 is 0 Å². The van der Waals surface area contributed by atoms with Crippen LogP contribution in [0.15, 0.2) is 51.4 Å². The summed E-state index contributed by atoms with van der Waals surface area (Å²) in [5, 5.41) is 13.6. The minimum atomic E-state index is 0.715. The average molecular weight is 361 g/mol. The maximum atomic E-state index is 9.25. The van der Waals surface area contributed by atoms with E-state index in [2.05, 4.69) is 50.1 Å². The molecule has 3 rings (SSSR count). The summed E-state index contributed by atoms with van der Waals surface area (Å²) < 4.78 is 2.06. The molecule has 3 heteroatoms. The topological polar surface area (TPSA) is 23.8 Å². The largest absolute Gasteiger partial charge is 0.192 e. The second-order valence-corrected chi connectivity index (χ2v) is 5.92. The first-order valence-corrected chi connectivity index (χ1v) is 6.99. The van der Waals surface area contributed by atoms with Crippen molar-refractivity contribution in [3.63, 3.8) is 0 Å². The SMILES string of the molecule is N#Cc1cc2ccc(Br)cc2c2cc(Br)ccc12. The highest BCUT2D eigenvalue weighted by Gasteiger charge is 2.07. The second-order valence-electron chi connectivity index (χ2n) is 4.09. The van der Waals surface area contributed by atoms with Crippen molar-refractivity contribution in [2.75, 3.05) is 0 Å². The van der Waals surface area contributed by atoms with Crippen molar-refractivity contribution in [3.05, 3.63) is 57.0 Å². The van der Waals surface area contributed by atoms with Crippen LogP contribution >= 0.6 is 31.9 Å². The minimum absolute atomic E-state index is 0.715. The van der Waals surface area contributed by atoms with Crippen LogP contribution in [0.3, 0.4) is 0 Å². The Labute approximate surface area is 121 Å². The fourth-order valence-electron chi connectivity index (χ4n) is 2.19.